The van der Waals surface area contributed by atoms with Crippen LogP contribution < -0.4 is 10.3 Å². The lowest BCUT2D eigenvalue weighted by Crippen LogP contribution is -2.30. The Morgan fingerprint density at radius 2 is 1.93 bits per heavy atom. The molecule has 1 heterocycles. The minimum atomic E-state index is -0.919. The second kappa shape index (κ2) is 7.92. The minimum Gasteiger partial charge on any atom is -0.494 e. The van der Waals surface area contributed by atoms with Crippen LogP contribution in [0.5, 0.6) is 11.6 Å². The second-order valence-corrected chi connectivity index (χ2v) is 6.46. The number of ether oxygens (including phenoxy) is 1. The Balaban J connectivity index is 2.51. The maximum Gasteiger partial charge on any atom is 0.271 e. The summed E-state index contributed by atoms with van der Waals surface area (Å²) in [4.78, 5) is 25.3. The summed E-state index contributed by atoms with van der Waals surface area (Å²) in [5.41, 5.74) is 1.19. The fraction of sp³-hybridized carbons (Fsp3) is 0.286. The third-order valence-corrected chi connectivity index (χ3v) is 4.24. The van der Waals surface area contributed by atoms with Gasteiger partial charge in [-0.3, -0.25) is 14.2 Å². The molecule has 0 saturated carbocycles. The second-order valence-electron chi connectivity index (χ2n) is 6.46. The highest BCUT2D eigenvalue weighted by Gasteiger charge is 2.28. The molecule has 27 heavy (non-hydrogen) atoms. The molecule has 2 rings (SSSR count). The van der Waals surface area contributed by atoms with Crippen molar-refractivity contribution in [3.8, 4) is 17.7 Å². The molecule has 1 atom stereocenters. The first-order valence-electron chi connectivity index (χ1n) is 8.47. The molecule has 0 bridgehead atoms. The number of hydrogen-bond acceptors (Lipinski definition) is 5. The monoisotopic (exact) mass is 366 g/mol. The smallest absolute Gasteiger partial charge is 0.271 e. The lowest BCUT2D eigenvalue weighted by molar-refractivity contribution is 0.0812. The number of aromatic nitrogens is 1. The summed E-state index contributed by atoms with van der Waals surface area (Å²) >= 11 is 0. The summed E-state index contributed by atoms with van der Waals surface area (Å²) in [6, 6.07) is 7.42. The van der Waals surface area contributed by atoms with E-state index in [0.29, 0.717) is 5.75 Å². The van der Waals surface area contributed by atoms with Crippen LogP contribution in [0, 0.1) is 32.1 Å². The van der Waals surface area contributed by atoms with Crippen LogP contribution in [0.4, 0.5) is 0 Å². The van der Waals surface area contributed by atoms with E-state index in [2.05, 4.69) is 6.58 Å². The summed E-state index contributed by atoms with van der Waals surface area (Å²) in [7, 11) is 0. The van der Waals surface area contributed by atoms with Gasteiger partial charge in [0.15, 0.2) is 6.10 Å². The van der Waals surface area contributed by atoms with Gasteiger partial charge >= 0.3 is 0 Å². The number of carbonyl (C=O) groups excluding carboxylic acids is 1. The van der Waals surface area contributed by atoms with Gasteiger partial charge in [0.05, 0.1) is 5.56 Å². The molecule has 1 N–H and O–H groups in total. The Hall–Kier alpha value is -3.33. The van der Waals surface area contributed by atoms with Crippen molar-refractivity contribution >= 4 is 5.78 Å². The highest BCUT2D eigenvalue weighted by Crippen LogP contribution is 2.25. The number of aryl methyl sites for hydroxylation is 2. The number of nitriles is 1. The van der Waals surface area contributed by atoms with E-state index in [0.717, 1.165) is 15.7 Å². The van der Waals surface area contributed by atoms with Crippen molar-refractivity contribution < 1.29 is 14.6 Å². The average molecular weight is 366 g/mol. The minimum absolute atomic E-state index is 0.0216. The number of Topliss-reactive ketones (excluding diaryl/α,β-unsaturated/α-hetero) is 1. The molecule has 140 valence electrons. The highest BCUT2D eigenvalue weighted by atomic mass is 16.5. The van der Waals surface area contributed by atoms with Crippen molar-refractivity contribution in [2.24, 2.45) is 0 Å². The molecule has 0 aliphatic carbocycles. The van der Waals surface area contributed by atoms with Crippen molar-refractivity contribution in [1.29, 1.82) is 5.26 Å². The first-order valence-corrected chi connectivity index (χ1v) is 8.47. The summed E-state index contributed by atoms with van der Waals surface area (Å²) < 4.78 is 6.71. The summed E-state index contributed by atoms with van der Waals surface area (Å²) in [6.07, 6.45) is 0.485. The zero-order valence-electron chi connectivity index (χ0n) is 15.9. The number of benzene rings is 1. The Bertz CT molecular complexity index is 992. The van der Waals surface area contributed by atoms with E-state index in [1.807, 2.05) is 38.1 Å². The molecule has 1 aromatic carbocycles. The Morgan fingerprint density at radius 3 is 2.44 bits per heavy atom. The predicted octanol–water partition coefficient (Wildman–Crippen LogP) is 3.19. The van der Waals surface area contributed by atoms with Gasteiger partial charge in [0.2, 0.25) is 11.7 Å². The van der Waals surface area contributed by atoms with E-state index in [1.165, 1.54) is 13.0 Å². The number of ketones is 1. The molecule has 2 aromatic rings. The van der Waals surface area contributed by atoms with Gasteiger partial charge in [0.1, 0.15) is 17.4 Å². The van der Waals surface area contributed by atoms with Gasteiger partial charge in [0.25, 0.3) is 5.56 Å². The van der Waals surface area contributed by atoms with Crippen LogP contribution in [0.1, 0.15) is 39.5 Å². The first kappa shape index (κ1) is 20.0. The van der Waals surface area contributed by atoms with Crippen molar-refractivity contribution in [1.82, 2.24) is 4.57 Å². The van der Waals surface area contributed by atoms with E-state index >= 15 is 0 Å². The van der Waals surface area contributed by atoms with Gasteiger partial charge in [-0.15, -0.1) is 6.58 Å². The normalized spacial score (nSPS) is 11.5. The number of rotatable bonds is 6. The molecule has 1 aromatic heterocycles. The molecule has 0 amide bonds. The summed E-state index contributed by atoms with van der Waals surface area (Å²) in [6.45, 7) is 10.4. The molecule has 0 spiro atoms. The van der Waals surface area contributed by atoms with Crippen molar-refractivity contribution in [3.05, 3.63) is 69.0 Å². The van der Waals surface area contributed by atoms with E-state index < -0.39 is 23.3 Å². The molecule has 0 aliphatic heterocycles. The van der Waals surface area contributed by atoms with E-state index in [-0.39, 0.29) is 23.2 Å². The molecule has 0 fully saturated rings. The fourth-order valence-corrected chi connectivity index (χ4v) is 3.01. The molecule has 6 nitrogen and oxygen atoms in total. The van der Waals surface area contributed by atoms with Crippen molar-refractivity contribution in [3.63, 3.8) is 0 Å². The van der Waals surface area contributed by atoms with Crippen molar-refractivity contribution in [2.45, 2.75) is 40.3 Å². The van der Waals surface area contributed by atoms with Gasteiger partial charge in [-0.05, 0) is 56.5 Å². The third-order valence-electron chi connectivity index (χ3n) is 4.24. The molecule has 0 saturated heterocycles. The Morgan fingerprint density at radius 1 is 1.33 bits per heavy atom. The van der Waals surface area contributed by atoms with Crippen LogP contribution in [0.25, 0.3) is 0 Å². The van der Waals surface area contributed by atoms with E-state index in [1.54, 1.807) is 6.92 Å². The number of carbonyl (C=O) groups is 1. The van der Waals surface area contributed by atoms with Gasteiger partial charge < -0.3 is 9.84 Å². The molecule has 6 heteroatoms. The van der Waals surface area contributed by atoms with Gasteiger partial charge in [-0.1, -0.05) is 12.1 Å². The molecule has 1 unspecified atom stereocenters. The summed E-state index contributed by atoms with van der Waals surface area (Å²) in [5.74, 6) is -0.471. The Kier molecular flexibility index (Phi) is 5.86. The fourth-order valence-electron chi connectivity index (χ4n) is 3.01. The van der Waals surface area contributed by atoms with Crippen LogP contribution in [0.15, 0.2) is 35.6 Å². The number of allylic oxidation sites excluding steroid dienone is 1. The van der Waals surface area contributed by atoms with Crippen LogP contribution in [-0.4, -0.2) is 21.6 Å². The molecular formula is C21H22N2O4. The lowest BCUT2D eigenvalue weighted by Gasteiger charge is -2.19. The zero-order valence-corrected chi connectivity index (χ0v) is 15.9. The lowest BCUT2D eigenvalue weighted by atomic mass is 9.99. The average Bonchev–Trinajstić information content (AvgIpc) is 2.58. The van der Waals surface area contributed by atoms with Crippen LogP contribution in [0.3, 0.4) is 0 Å². The van der Waals surface area contributed by atoms with Crippen LogP contribution in [-0.2, 0) is 6.54 Å². The maximum absolute atomic E-state index is 13.0. The number of nitrogens with zero attached hydrogens (tertiary/aromatic N) is 2. The highest BCUT2D eigenvalue weighted by molar-refractivity contribution is 6.03. The third kappa shape index (κ3) is 3.93. The quantitative estimate of drug-likeness (QED) is 0.626. The molecule has 0 aliphatic rings. The Labute approximate surface area is 158 Å². The number of hydrogen-bond donors (Lipinski definition) is 1. The molecule has 0 radical (unpaired) electrons. The van der Waals surface area contributed by atoms with Crippen LogP contribution >= 0.6 is 0 Å². The van der Waals surface area contributed by atoms with Gasteiger partial charge in [0, 0.05) is 6.54 Å². The maximum atomic E-state index is 13.0. The topological polar surface area (TPSA) is 92.3 Å². The standard InChI is InChI=1S/C21H22N2O4/c1-6-7-23-20(25)17(11-22)14(4)18(21(23)26)19(24)15(5)27-16-9-12(2)8-13(3)10-16/h6,8-10,15,26H,1,7H2,2-5H3. The molecular weight excluding hydrogens is 344 g/mol. The largest absolute Gasteiger partial charge is 0.494 e. The van der Waals surface area contributed by atoms with E-state index in [9.17, 15) is 20.0 Å². The summed E-state index contributed by atoms with van der Waals surface area (Å²) in [5, 5.41) is 19.8. The number of aromatic hydroxyl groups is 1. The SMILES string of the molecule is C=CCn1c(O)c(C(=O)C(C)Oc2cc(C)cc(C)c2)c(C)c(C#N)c1=O. The van der Waals surface area contributed by atoms with Gasteiger partial charge in [-0.25, -0.2) is 0 Å². The van der Waals surface area contributed by atoms with Crippen LogP contribution in [0.2, 0.25) is 0 Å². The van der Waals surface area contributed by atoms with Gasteiger partial charge in [-0.2, -0.15) is 5.26 Å². The van der Waals surface area contributed by atoms with Crippen molar-refractivity contribution in [2.75, 3.05) is 0 Å². The number of pyridine rings is 1. The first-order chi connectivity index (χ1) is 12.7. The predicted molar refractivity (Wildman–Crippen MR) is 102 cm³/mol. The zero-order chi connectivity index (χ0) is 20.3. The van der Waals surface area contributed by atoms with E-state index in [4.69, 9.17) is 4.74 Å².